The minimum Gasteiger partial charge on any atom is -0.497 e. The van der Waals surface area contributed by atoms with E-state index in [-0.39, 0.29) is 6.03 Å². The topological polar surface area (TPSA) is 77.4 Å². The maximum Gasteiger partial charge on any atom is 0.315 e. The van der Waals surface area contributed by atoms with E-state index in [1.54, 1.807) is 26.5 Å². The fourth-order valence-electron chi connectivity index (χ4n) is 3.10. The third kappa shape index (κ3) is 5.45. The van der Waals surface area contributed by atoms with Crippen LogP contribution in [0.5, 0.6) is 11.5 Å². The van der Waals surface area contributed by atoms with Gasteiger partial charge in [-0.2, -0.15) is 0 Å². The molecule has 158 valence electrons. The lowest BCUT2D eigenvalue weighted by molar-refractivity contribution is 0.238. The summed E-state index contributed by atoms with van der Waals surface area (Å²) >= 11 is 5.91. The van der Waals surface area contributed by atoms with Gasteiger partial charge in [0.15, 0.2) is 0 Å². The van der Waals surface area contributed by atoms with Crippen molar-refractivity contribution in [2.45, 2.75) is 12.5 Å². The number of nitrogens with one attached hydrogen (secondary N) is 2. The first kappa shape index (κ1) is 21.5. The molecule has 1 aromatic heterocycles. The average molecular weight is 429 g/mol. The summed E-state index contributed by atoms with van der Waals surface area (Å²) in [7, 11) is 5.06. The highest BCUT2D eigenvalue weighted by Crippen LogP contribution is 2.29. The number of hydrogen-bond acceptors (Lipinski definition) is 4. The Morgan fingerprint density at radius 2 is 1.80 bits per heavy atom. The second-order valence-electron chi connectivity index (χ2n) is 6.75. The van der Waals surface area contributed by atoms with Crippen LogP contribution >= 0.6 is 11.6 Å². The maximum absolute atomic E-state index is 12.6. The minimum atomic E-state index is -0.482. The van der Waals surface area contributed by atoms with Crippen LogP contribution in [0.15, 0.2) is 54.9 Å². The van der Waals surface area contributed by atoms with Gasteiger partial charge in [-0.15, -0.1) is 0 Å². The van der Waals surface area contributed by atoms with E-state index in [9.17, 15) is 4.79 Å². The quantitative estimate of drug-likeness (QED) is 0.573. The number of carbonyl (C=O) groups is 1. The fourth-order valence-corrected chi connectivity index (χ4v) is 3.23. The zero-order chi connectivity index (χ0) is 21.5. The monoisotopic (exact) mass is 428 g/mol. The normalized spacial score (nSPS) is 11.6. The lowest BCUT2D eigenvalue weighted by Crippen LogP contribution is -2.40. The number of aromatic nitrogens is 2. The van der Waals surface area contributed by atoms with Gasteiger partial charge in [-0.05, 0) is 41.8 Å². The van der Waals surface area contributed by atoms with E-state index in [0.717, 1.165) is 11.1 Å². The molecule has 0 fully saturated rings. The van der Waals surface area contributed by atoms with Crippen LogP contribution in [0.4, 0.5) is 4.79 Å². The van der Waals surface area contributed by atoms with Crippen LogP contribution in [0, 0.1) is 0 Å². The Hall–Kier alpha value is -3.19. The Bertz CT molecular complexity index is 966. The minimum absolute atomic E-state index is 0.293. The van der Waals surface area contributed by atoms with Crippen molar-refractivity contribution < 1.29 is 14.3 Å². The van der Waals surface area contributed by atoms with Crippen LogP contribution in [0.25, 0.3) is 0 Å². The van der Waals surface area contributed by atoms with Crippen molar-refractivity contribution in [3.63, 3.8) is 0 Å². The third-order valence-corrected chi connectivity index (χ3v) is 4.96. The molecule has 0 radical (unpaired) electrons. The van der Waals surface area contributed by atoms with Gasteiger partial charge in [0.25, 0.3) is 0 Å². The lowest BCUT2D eigenvalue weighted by atomic mass is 10.1. The fraction of sp³-hybridized carbons (Fsp3) is 0.273. The molecule has 0 saturated carbocycles. The van der Waals surface area contributed by atoms with Crippen LogP contribution in [0.1, 0.15) is 23.0 Å². The summed E-state index contributed by atoms with van der Waals surface area (Å²) in [5, 5.41) is 6.60. The van der Waals surface area contributed by atoms with E-state index >= 15 is 0 Å². The standard InChI is InChI=1S/C22H25ClN4O3/c1-27-11-10-24-21(27)20(16-12-18(29-2)14-19(13-16)30-3)26-22(28)25-9-8-15-4-6-17(23)7-5-15/h4-7,10-14,20H,8-9H2,1-3H3,(H2,25,26,28). The number of hydrogen-bond donors (Lipinski definition) is 2. The van der Waals surface area contributed by atoms with Crippen molar-refractivity contribution in [3.8, 4) is 11.5 Å². The Kier molecular flexibility index (Phi) is 7.19. The van der Waals surface area contributed by atoms with Gasteiger partial charge in [-0.25, -0.2) is 9.78 Å². The smallest absolute Gasteiger partial charge is 0.315 e. The van der Waals surface area contributed by atoms with Gasteiger partial charge in [-0.1, -0.05) is 23.7 Å². The van der Waals surface area contributed by atoms with Gasteiger partial charge in [0, 0.05) is 37.1 Å². The molecular weight excluding hydrogens is 404 g/mol. The van der Waals surface area contributed by atoms with Gasteiger partial charge in [0.1, 0.15) is 23.4 Å². The summed E-state index contributed by atoms with van der Waals surface area (Å²) in [5.41, 5.74) is 1.89. The second-order valence-corrected chi connectivity index (χ2v) is 7.19. The number of carbonyl (C=O) groups excluding carboxylic acids is 1. The molecule has 0 bridgehead atoms. The molecular formula is C22H25ClN4O3. The predicted octanol–water partition coefficient (Wildman–Crippen LogP) is 3.72. The summed E-state index contributed by atoms with van der Waals surface area (Å²) in [5.74, 6) is 1.96. The van der Waals surface area contributed by atoms with E-state index in [1.165, 1.54) is 0 Å². The summed E-state index contributed by atoms with van der Waals surface area (Å²) < 4.78 is 12.6. The van der Waals surface area contributed by atoms with Crippen molar-refractivity contribution in [1.82, 2.24) is 20.2 Å². The third-order valence-electron chi connectivity index (χ3n) is 4.71. The average Bonchev–Trinajstić information content (AvgIpc) is 3.18. The number of benzene rings is 2. The molecule has 1 unspecified atom stereocenters. The molecule has 2 amide bonds. The number of ether oxygens (including phenoxy) is 2. The van der Waals surface area contributed by atoms with Crippen LogP contribution in [0.2, 0.25) is 5.02 Å². The highest BCUT2D eigenvalue weighted by molar-refractivity contribution is 6.30. The molecule has 0 spiro atoms. The first-order valence-electron chi connectivity index (χ1n) is 9.49. The summed E-state index contributed by atoms with van der Waals surface area (Å²) in [6, 6.07) is 12.3. The van der Waals surface area contributed by atoms with Crippen LogP contribution in [-0.2, 0) is 13.5 Å². The number of nitrogens with zero attached hydrogens (tertiary/aromatic N) is 2. The molecule has 1 heterocycles. The van der Waals surface area contributed by atoms with Gasteiger partial charge >= 0.3 is 6.03 Å². The SMILES string of the molecule is COc1cc(OC)cc(C(NC(=O)NCCc2ccc(Cl)cc2)c2nccn2C)c1. The molecule has 0 aliphatic heterocycles. The van der Waals surface area contributed by atoms with Gasteiger partial charge in [-0.3, -0.25) is 0 Å². The zero-order valence-electron chi connectivity index (χ0n) is 17.2. The van der Waals surface area contributed by atoms with Crippen LogP contribution in [-0.4, -0.2) is 36.3 Å². The van der Waals surface area contributed by atoms with Crippen LogP contribution < -0.4 is 20.1 Å². The van der Waals surface area contributed by atoms with E-state index in [2.05, 4.69) is 15.6 Å². The van der Waals surface area contributed by atoms with Crippen molar-refractivity contribution in [2.24, 2.45) is 7.05 Å². The lowest BCUT2D eigenvalue weighted by Gasteiger charge is -2.21. The molecule has 0 saturated heterocycles. The number of methoxy groups -OCH3 is 2. The van der Waals surface area contributed by atoms with Crippen molar-refractivity contribution >= 4 is 17.6 Å². The van der Waals surface area contributed by atoms with E-state index in [1.807, 2.05) is 54.2 Å². The summed E-state index contributed by atoms with van der Waals surface area (Å²) in [6.07, 6.45) is 4.23. The Balaban J connectivity index is 1.74. The summed E-state index contributed by atoms with van der Waals surface area (Å²) in [4.78, 5) is 17.1. The molecule has 0 aliphatic rings. The largest absolute Gasteiger partial charge is 0.497 e. The number of imidazole rings is 1. The predicted molar refractivity (Wildman–Crippen MR) is 116 cm³/mol. The van der Waals surface area contributed by atoms with Crippen molar-refractivity contribution in [1.29, 1.82) is 0 Å². The molecule has 2 N–H and O–H groups in total. The molecule has 3 aromatic rings. The highest BCUT2D eigenvalue weighted by Gasteiger charge is 2.22. The van der Waals surface area contributed by atoms with E-state index < -0.39 is 6.04 Å². The van der Waals surface area contributed by atoms with Gasteiger partial charge < -0.3 is 24.7 Å². The first-order valence-corrected chi connectivity index (χ1v) is 9.87. The van der Waals surface area contributed by atoms with Crippen molar-refractivity contribution in [2.75, 3.05) is 20.8 Å². The first-order chi connectivity index (χ1) is 14.5. The van der Waals surface area contributed by atoms with E-state index in [0.29, 0.717) is 35.3 Å². The number of halogens is 1. The Morgan fingerprint density at radius 1 is 1.13 bits per heavy atom. The zero-order valence-corrected chi connectivity index (χ0v) is 17.9. The van der Waals surface area contributed by atoms with Gasteiger partial charge in [0.2, 0.25) is 0 Å². The number of aryl methyl sites for hydroxylation is 1. The van der Waals surface area contributed by atoms with Crippen LogP contribution in [0.3, 0.4) is 0 Å². The number of rotatable bonds is 8. The van der Waals surface area contributed by atoms with E-state index in [4.69, 9.17) is 21.1 Å². The molecule has 2 aromatic carbocycles. The summed E-state index contributed by atoms with van der Waals surface area (Å²) in [6.45, 7) is 0.488. The molecule has 0 aliphatic carbocycles. The Labute approximate surface area is 181 Å². The molecule has 3 rings (SSSR count). The molecule has 30 heavy (non-hydrogen) atoms. The highest BCUT2D eigenvalue weighted by atomic mass is 35.5. The number of amides is 2. The Morgan fingerprint density at radius 3 is 2.37 bits per heavy atom. The maximum atomic E-state index is 12.6. The second kappa shape index (κ2) is 10.0. The van der Waals surface area contributed by atoms with Gasteiger partial charge in [0.05, 0.1) is 14.2 Å². The van der Waals surface area contributed by atoms with Crippen molar-refractivity contribution in [3.05, 3.63) is 76.8 Å². The molecule has 1 atom stereocenters. The molecule has 7 nitrogen and oxygen atoms in total. The number of urea groups is 1. The molecule has 8 heteroatoms.